The van der Waals surface area contributed by atoms with Gasteiger partial charge in [-0.2, -0.15) is 0 Å². The van der Waals surface area contributed by atoms with E-state index in [-0.39, 0.29) is 24.1 Å². The van der Waals surface area contributed by atoms with E-state index in [0.717, 1.165) is 5.56 Å². The van der Waals surface area contributed by atoms with Crippen molar-refractivity contribution in [3.63, 3.8) is 0 Å². The first-order valence-electron chi connectivity index (χ1n) is 9.84. The van der Waals surface area contributed by atoms with E-state index >= 15 is 0 Å². The summed E-state index contributed by atoms with van der Waals surface area (Å²) in [5, 5.41) is 12.8. The molecular formula is C23H26N2O5. The fraction of sp³-hybridized carbons (Fsp3) is 0.304. The molecule has 30 heavy (non-hydrogen) atoms. The number of nitrogens with zero attached hydrogens (tertiary/aromatic N) is 1. The largest absolute Gasteiger partial charge is 0.504 e. The van der Waals surface area contributed by atoms with Gasteiger partial charge in [0.05, 0.1) is 24.8 Å². The number of carbonyl (C=O) groups is 2. The number of carbonyl (C=O) groups excluding carboxylic acids is 2. The molecule has 1 aliphatic rings. The standard InChI is InChI=1S/C23H26N2O5/c1-4-29-19-14-17(10-11-18(19)26)21-20(15(2)25(3)23(28)24-21)22(27)30-13-12-16-8-6-5-7-9-16/h5-11,14,21,26H,4,12-13H2,1-3H3,(H,24,28). The summed E-state index contributed by atoms with van der Waals surface area (Å²) in [5.41, 5.74) is 2.55. The molecule has 0 saturated carbocycles. The lowest BCUT2D eigenvalue weighted by molar-refractivity contribution is -0.139. The van der Waals surface area contributed by atoms with Crippen molar-refractivity contribution in [2.75, 3.05) is 20.3 Å². The number of urea groups is 1. The fourth-order valence-corrected chi connectivity index (χ4v) is 3.32. The Morgan fingerprint density at radius 2 is 1.93 bits per heavy atom. The number of amides is 2. The number of nitrogens with one attached hydrogen (secondary N) is 1. The van der Waals surface area contributed by atoms with Gasteiger partial charge >= 0.3 is 12.0 Å². The highest BCUT2D eigenvalue weighted by Crippen LogP contribution is 2.35. The highest BCUT2D eigenvalue weighted by atomic mass is 16.5. The fourth-order valence-electron chi connectivity index (χ4n) is 3.32. The minimum absolute atomic E-state index is 0.00690. The number of phenols is 1. The SMILES string of the molecule is CCOc1cc(C2NC(=O)N(C)C(C)=C2C(=O)OCCc2ccccc2)ccc1O. The molecule has 0 spiro atoms. The van der Waals surface area contributed by atoms with E-state index in [2.05, 4.69) is 5.32 Å². The normalized spacial score (nSPS) is 16.3. The van der Waals surface area contributed by atoms with Gasteiger partial charge in [0, 0.05) is 19.2 Å². The summed E-state index contributed by atoms with van der Waals surface area (Å²) in [6.45, 7) is 4.12. The molecule has 0 bridgehead atoms. The molecule has 1 unspecified atom stereocenters. The van der Waals surface area contributed by atoms with Crippen LogP contribution in [-0.4, -0.2) is 42.3 Å². The van der Waals surface area contributed by atoms with E-state index in [0.29, 0.717) is 29.9 Å². The van der Waals surface area contributed by atoms with Gasteiger partial charge in [0.25, 0.3) is 0 Å². The molecule has 0 fully saturated rings. The van der Waals surface area contributed by atoms with Gasteiger partial charge in [-0.3, -0.25) is 0 Å². The van der Waals surface area contributed by atoms with Gasteiger partial charge in [0.1, 0.15) is 0 Å². The lowest BCUT2D eigenvalue weighted by atomic mass is 9.94. The number of hydrogen-bond donors (Lipinski definition) is 2. The highest BCUT2D eigenvalue weighted by Gasteiger charge is 2.35. The number of aromatic hydroxyl groups is 1. The molecule has 158 valence electrons. The average Bonchev–Trinajstić information content (AvgIpc) is 2.74. The average molecular weight is 410 g/mol. The Hall–Kier alpha value is -3.48. The van der Waals surface area contributed by atoms with Crippen LogP contribution >= 0.6 is 0 Å². The first-order chi connectivity index (χ1) is 14.4. The topological polar surface area (TPSA) is 88.1 Å². The second kappa shape index (κ2) is 9.35. The van der Waals surface area contributed by atoms with Crippen LogP contribution in [0.25, 0.3) is 0 Å². The van der Waals surface area contributed by atoms with Crippen LogP contribution in [0.15, 0.2) is 59.8 Å². The van der Waals surface area contributed by atoms with Crippen LogP contribution in [0.4, 0.5) is 4.79 Å². The lowest BCUT2D eigenvalue weighted by Gasteiger charge is -2.33. The van der Waals surface area contributed by atoms with Gasteiger partial charge in [-0.15, -0.1) is 0 Å². The maximum atomic E-state index is 13.0. The van der Waals surface area contributed by atoms with Gasteiger partial charge < -0.3 is 24.8 Å². The Balaban J connectivity index is 1.85. The predicted octanol–water partition coefficient (Wildman–Crippen LogP) is 3.55. The van der Waals surface area contributed by atoms with Crippen LogP contribution < -0.4 is 10.1 Å². The molecule has 3 rings (SSSR count). The number of hydrogen-bond acceptors (Lipinski definition) is 5. The molecule has 2 N–H and O–H groups in total. The van der Waals surface area contributed by atoms with Crippen LogP contribution in [0.1, 0.15) is 31.0 Å². The predicted molar refractivity (Wildman–Crippen MR) is 112 cm³/mol. The van der Waals surface area contributed by atoms with Gasteiger partial charge in [0.15, 0.2) is 11.5 Å². The Bertz CT molecular complexity index is 955. The van der Waals surface area contributed by atoms with E-state index in [4.69, 9.17) is 9.47 Å². The summed E-state index contributed by atoms with van der Waals surface area (Å²) in [7, 11) is 1.60. The van der Waals surface area contributed by atoms with Gasteiger partial charge in [0.2, 0.25) is 0 Å². The summed E-state index contributed by atoms with van der Waals surface area (Å²) >= 11 is 0. The lowest BCUT2D eigenvalue weighted by Crippen LogP contribution is -2.46. The number of phenolic OH excluding ortho intramolecular Hbond substituents is 1. The van der Waals surface area contributed by atoms with Crippen LogP contribution in [0.2, 0.25) is 0 Å². The Morgan fingerprint density at radius 3 is 2.63 bits per heavy atom. The molecule has 1 atom stereocenters. The van der Waals surface area contributed by atoms with Crippen molar-refractivity contribution in [2.24, 2.45) is 0 Å². The molecule has 0 radical (unpaired) electrons. The van der Waals surface area contributed by atoms with Crippen LogP contribution in [0.3, 0.4) is 0 Å². The molecular weight excluding hydrogens is 384 g/mol. The van der Waals surface area contributed by atoms with Crippen molar-refractivity contribution >= 4 is 12.0 Å². The number of benzene rings is 2. The summed E-state index contributed by atoms with van der Waals surface area (Å²) in [5.74, 6) is -0.212. The molecule has 2 aromatic carbocycles. The Morgan fingerprint density at radius 1 is 1.20 bits per heavy atom. The smallest absolute Gasteiger partial charge is 0.338 e. The molecule has 0 saturated heterocycles. The van der Waals surface area contributed by atoms with Crippen molar-refractivity contribution in [1.82, 2.24) is 10.2 Å². The quantitative estimate of drug-likeness (QED) is 0.682. The van der Waals surface area contributed by atoms with Crippen LogP contribution in [0, 0.1) is 0 Å². The molecule has 1 aliphatic heterocycles. The number of allylic oxidation sites excluding steroid dienone is 1. The van der Waals surface area contributed by atoms with Crippen LogP contribution in [0.5, 0.6) is 11.5 Å². The maximum Gasteiger partial charge on any atom is 0.338 e. The highest BCUT2D eigenvalue weighted by molar-refractivity contribution is 5.95. The third kappa shape index (κ3) is 4.56. The summed E-state index contributed by atoms with van der Waals surface area (Å²) in [6, 6.07) is 13.5. The van der Waals surface area contributed by atoms with Gasteiger partial charge in [-0.25, -0.2) is 9.59 Å². The zero-order valence-electron chi connectivity index (χ0n) is 17.3. The first kappa shape index (κ1) is 21.2. The van der Waals surface area contributed by atoms with Crippen LogP contribution in [-0.2, 0) is 16.0 Å². The summed E-state index contributed by atoms with van der Waals surface area (Å²) in [4.78, 5) is 26.7. The molecule has 0 aliphatic carbocycles. The molecule has 0 aromatic heterocycles. The molecule has 7 heteroatoms. The monoisotopic (exact) mass is 410 g/mol. The van der Waals surface area contributed by atoms with E-state index in [1.54, 1.807) is 26.1 Å². The van der Waals surface area contributed by atoms with E-state index in [9.17, 15) is 14.7 Å². The maximum absolute atomic E-state index is 13.0. The summed E-state index contributed by atoms with van der Waals surface area (Å²) < 4.78 is 11.0. The van der Waals surface area contributed by atoms with Gasteiger partial charge in [-0.1, -0.05) is 36.4 Å². The second-order valence-corrected chi connectivity index (χ2v) is 6.97. The minimum atomic E-state index is -0.710. The van der Waals surface area contributed by atoms with Crippen molar-refractivity contribution in [3.05, 3.63) is 70.9 Å². The van der Waals surface area contributed by atoms with Crippen molar-refractivity contribution in [3.8, 4) is 11.5 Å². The Labute approximate surface area is 175 Å². The molecule has 1 heterocycles. The second-order valence-electron chi connectivity index (χ2n) is 6.97. The molecule has 7 nitrogen and oxygen atoms in total. The van der Waals surface area contributed by atoms with Crippen molar-refractivity contribution in [2.45, 2.75) is 26.3 Å². The van der Waals surface area contributed by atoms with E-state index < -0.39 is 12.0 Å². The molecule has 2 amide bonds. The zero-order valence-corrected chi connectivity index (χ0v) is 17.3. The number of ether oxygens (including phenoxy) is 2. The number of rotatable bonds is 7. The van der Waals surface area contributed by atoms with E-state index in [1.165, 1.54) is 11.0 Å². The Kier molecular flexibility index (Phi) is 6.61. The van der Waals surface area contributed by atoms with Crippen molar-refractivity contribution < 1.29 is 24.2 Å². The zero-order chi connectivity index (χ0) is 21.7. The molecule has 2 aromatic rings. The summed E-state index contributed by atoms with van der Waals surface area (Å²) in [6.07, 6.45) is 0.597. The third-order valence-electron chi connectivity index (χ3n) is 5.06. The first-order valence-corrected chi connectivity index (χ1v) is 9.84. The van der Waals surface area contributed by atoms with Gasteiger partial charge in [-0.05, 0) is 37.1 Å². The van der Waals surface area contributed by atoms with Crippen molar-refractivity contribution in [1.29, 1.82) is 0 Å². The number of esters is 1. The van der Waals surface area contributed by atoms with E-state index in [1.807, 2.05) is 37.3 Å². The third-order valence-corrected chi connectivity index (χ3v) is 5.06. The minimum Gasteiger partial charge on any atom is -0.504 e.